The van der Waals surface area contributed by atoms with Gasteiger partial charge in [0.15, 0.2) is 5.65 Å². The minimum absolute atomic E-state index is 0.0414. The predicted octanol–water partition coefficient (Wildman–Crippen LogP) is -1.79. The van der Waals surface area contributed by atoms with Crippen molar-refractivity contribution in [3.05, 3.63) is 22.9 Å². The number of aromatic nitrogens is 4. The van der Waals surface area contributed by atoms with Crippen LogP contribution in [0.25, 0.3) is 5.65 Å². The Morgan fingerprint density at radius 2 is 2.06 bits per heavy atom. The quantitative estimate of drug-likeness (QED) is 0.569. The molecule has 0 amide bonds. The number of nitrogens with zero attached hydrogens (tertiary/aromatic N) is 4. The van der Waals surface area contributed by atoms with Crippen LogP contribution in [0.5, 0.6) is 0 Å². The van der Waals surface area contributed by atoms with Crippen molar-refractivity contribution in [2.24, 2.45) is 0 Å². The number of nitrogens with one attached hydrogen (secondary N) is 1. The van der Waals surface area contributed by atoms with E-state index in [1.807, 2.05) is 0 Å². The lowest BCUT2D eigenvalue weighted by molar-refractivity contribution is 0.280. The third-order valence-corrected chi connectivity index (χ3v) is 2.36. The van der Waals surface area contributed by atoms with Crippen molar-refractivity contribution in [3.63, 3.8) is 0 Å². The molecule has 0 saturated carbocycles. The van der Waals surface area contributed by atoms with E-state index in [1.165, 1.54) is 10.7 Å². The molecule has 2 aromatic heterocycles. The first-order valence-corrected chi connectivity index (χ1v) is 5.15. The molecule has 8 heteroatoms. The molecular formula is C9H13N5O3. The summed E-state index contributed by atoms with van der Waals surface area (Å²) in [7, 11) is 0. The van der Waals surface area contributed by atoms with Gasteiger partial charge in [0, 0.05) is 19.2 Å². The predicted molar refractivity (Wildman–Crippen MR) is 60.0 cm³/mol. The number of aliphatic hydroxyl groups excluding tert-OH is 2. The monoisotopic (exact) mass is 239 g/mol. The van der Waals surface area contributed by atoms with E-state index >= 15 is 0 Å². The van der Waals surface area contributed by atoms with E-state index < -0.39 is 0 Å². The van der Waals surface area contributed by atoms with Crippen LogP contribution in [0.3, 0.4) is 0 Å². The van der Waals surface area contributed by atoms with Crippen LogP contribution in [-0.4, -0.2) is 56.1 Å². The molecule has 92 valence electrons. The third kappa shape index (κ3) is 2.27. The molecule has 0 saturated heterocycles. The summed E-state index contributed by atoms with van der Waals surface area (Å²) in [6.07, 6.45) is 1.36. The van der Waals surface area contributed by atoms with E-state index in [2.05, 4.69) is 15.2 Å². The van der Waals surface area contributed by atoms with Crippen molar-refractivity contribution in [1.29, 1.82) is 0 Å². The van der Waals surface area contributed by atoms with E-state index in [0.717, 1.165) is 0 Å². The van der Waals surface area contributed by atoms with Crippen LogP contribution in [0.15, 0.2) is 17.2 Å². The normalized spacial score (nSPS) is 10.9. The SMILES string of the molecule is O=c1[nH]nc2cc(N(CCO)CCO)ncn12. The molecule has 2 heterocycles. The lowest BCUT2D eigenvalue weighted by atomic mass is 10.4. The van der Waals surface area contributed by atoms with Gasteiger partial charge in [0.1, 0.15) is 12.1 Å². The van der Waals surface area contributed by atoms with Crippen LogP contribution in [0.2, 0.25) is 0 Å². The van der Waals surface area contributed by atoms with Crippen molar-refractivity contribution in [2.45, 2.75) is 0 Å². The molecule has 0 aromatic carbocycles. The van der Waals surface area contributed by atoms with Crippen molar-refractivity contribution >= 4 is 11.5 Å². The Kier molecular flexibility index (Phi) is 3.35. The molecule has 2 rings (SSSR count). The maximum absolute atomic E-state index is 11.2. The largest absolute Gasteiger partial charge is 0.395 e. The summed E-state index contributed by atoms with van der Waals surface area (Å²) in [5.41, 5.74) is 0.0933. The lowest BCUT2D eigenvalue weighted by Gasteiger charge is -2.21. The molecule has 0 spiro atoms. The van der Waals surface area contributed by atoms with Crippen LogP contribution < -0.4 is 10.6 Å². The van der Waals surface area contributed by atoms with Gasteiger partial charge in [-0.15, -0.1) is 0 Å². The van der Waals surface area contributed by atoms with Gasteiger partial charge in [-0.05, 0) is 0 Å². The molecule has 0 aliphatic carbocycles. The summed E-state index contributed by atoms with van der Waals surface area (Å²) in [5, 5.41) is 24.0. The van der Waals surface area contributed by atoms with Crippen LogP contribution in [0.4, 0.5) is 5.82 Å². The molecule has 0 unspecified atom stereocenters. The van der Waals surface area contributed by atoms with Crippen LogP contribution in [-0.2, 0) is 0 Å². The van der Waals surface area contributed by atoms with Gasteiger partial charge in [0.2, 0.25) is 0 Å². The Balaban J connectivity index is 2.36. The second kappa shape index (κ2) is 4.93. The van der Waals surface area contributed by atoms with E-state index in [4.69, 9.17) is 10.2 Å². The van der Waals surface area contributed by atoms with Crippen LogP contribution in [0, 0.1) is 0 Å². The highest BCUT2D eigenvalue weighted by atomic mass is 16.3. The van der Waals surface area contributed by atoms with E-state index in [-0.39, 0.29) is 18.9 Å². The molecular weight excluding hydrogens is 226 g/mol. The standard InChI is InChI=1S/C9H13N5O3/c15-3-1-13(2-4-16)7-5-8-11-12-9(17)14(8)6-10-7/h5-6,15-16H,1-4H2,(H,12,17). The molecule has 0 fully saturated rings. The summed E-state index contributed by atoms with van der Waals surface area (Å²) >= 11 is 0. The van der Waals surface area contributed by atoms with Gasteiger partial charge in [-0.3, -0.25) is 0 Å². The zero-order chi connectivity index (χ0) is 12.3. The molecule has 17 heavy (non-hydrogen) atoms. The Morgan fingerprint density at radius 3 is 2.71 bits per heavy atom. The first kappa shape index (κ1) is 11.6. The molecule has 0 aliphatic rings. The second-order valence-electron chi connectivity index (χ2n) is 3.44. The summed E-state index contributed by atoms with van der Waals surface area (Å²) < 4.78 is 1.28. The smallest absolute Gasteiger partial charge is 0.348 e. The van der Waals surface area contributed by atoms with Gasteiger partial charge < -0.3 is 15.1 Å². The van der Waals surface area contributed by atoms with Gasteiger partial charge in [0.25, 0.3) is 0 Å². The summed E-state index contributed by atoms with van der Waals surface area (Å²) in [6, 6.07) is 1.61. The van der Waals surface area contributed by atoms with E-state index in [0.29, 0.717) is 24.6 Å². The van der Waals surface area contributed by atoms with Crippen molar-refractivity contribution in [3.8, 4) is 0 Å². The van der Waals surface area contributed by atoms with Crippen molar-refractivity contribution in [2.75, 3.05) is 31.2 Å². The maximum atomic E-state index is 11.2. The van der Waals surface area contributed by atoms with E-state index in [9.17, 15) is 4.79 Å². The molecule has 8 nitrogen and oxygen atoms in total. The number of hydrogen-bond acceptors (Lipinski definition) is 6. The number of rotatable bonds is 5. The number of anilines is 1. The fraction of sp³-hybridized carbons (Fsp3) is 0.444. The van der Waals surface area contributed by atoms with Crippen molar-refractivity contribution < 1.29 is 10.2 Å². The number of aliphatic hydroxyl groups is 2. The van der Waals surface area contributed by atoms with Crippen LogP contribution >= 0.6 is 0 Å². The Hall–Kier alpha value is -1.93. The Morgan fingerprint density at radius 1 is 1.35 bits per heavy atom. The number of hydrogen-bond donors (Lipinski definition) is 3. The van der Waals surface area contributed by atoms with E-state index in [1.54, 1.807) is 11.0 Å². The van der Waals surface area contributed by atoms with Crippen molar-refractivity contribution in [1.82, 2.24) is 19.6 Å². The topological polar surface area (TPSA) is 107 Å². The molecule has 0 radical (unpaired) electrons. The van der Waals surface area contributed by atoms with Gasteiger partial charge in [0.05, 0.1) is 13.2 Å². The Bertz CT molecular complexity index is 543. The Labute approximate surface area is 96.1 Å². The maximum Gasteiger partial charge on any atom is 0.348 e. The lowest BCUT2D eigenvalue weighted by Crippen LogP contribution is -2.30. The minimum atomic E-state index is -0.352. The van der Waals surface area contributed by atoms with Crippen LogP contribution in [0.1, 0.15) is 0 Å². The number of fused-ring (bicyclic) bond motifs is 1. The zero-order valence-electron chi connectivity index (χ0n) is 9.07. The first-order chi connectivity index (χ1) is 8.26. The fourth-order valence-electron chi connectivity index (χ4n) is 1.56. The number of aromatic amines is 1. The summed E-state index contributed by atoms with van der Waals surface area (Å²) in [4.78, 5) is 17.0. The molecule has 3 N–H and O–H groups in total. The zero-order valence-corrected chi connectivity index (χ0v) is 9.07. The highest BCUT2D eigenvalue weighted by Gasteiger charge is 2.09. The first-order valence-electron chi connectivity index (χ1n) is 5.15. The average molecular weight is 239 g/mol. The highest BCUT2D eigenvalue weighted by Crippen LogP contribution is 2.10. The third-order valence-electron chi connectivity index (χ3n) is 2.36. The molecule has 0 atom stereocenters. The summed E-state index contributed by atoms with van der Waals surface area (Å²) in [6.45, 7) is 0.636. The molecule has 2 aromatic rings. The highest BCUT2D eigenvalue weighted by molar-refractivity contribution is 5.50. The second-order valence-corrected chi connectivity index (χ2v) is 3.44. The van der Waals surface area contributed by atoms with Gasteiger partial charge >= 0.3 is 5.69 Å². The molecule has 0 aliphatic heterocycles. The summed E-state index contributed by atoms with van der Waals surface area (Å²) in [5.74, 6) is 0.555. The minimum Gasteiger partial charge on any atom is -0.395 e. The average Bonchev–Trinajstić information content (AvgIpc) is 2.70. The van der Waals surface area contributed by atoms with Gasteiger partial charge in [-0.2, -0.15) is 5.10 Å². The number of H-pyrrole nitrogens is 1. The van der Waals surface area contributed by atoms with Gasteiger partial charge in [-0.25, -0.2) is 19.3 Å². The van der Waals surface area contributed by atoms with Gasteiger partial charge in [-0.1, -0.05) is 0 Å². The fourth-order valence-corrected chi connectivity index (χ4v) is 1.56. The molecule has 0 bridgehead atoms.